The zero-order valence-electron chi connectivity index (χ0n) is 17.1. The molecule has 26 heavy (non-hydrogen) atoms. The summed E-state index contributed by atoms with van der Waals surface area (Å²) in [5.41, 5.74) is 1.94. The van der Waals surface area contributed by atoms with Gasteiger partial charge in [-0.1, -0.05) is 84.4 Å². The van der Waals surface area contributed by atoms with Crippen molar-refractivity contribution in [3.05, 3.63) is 29.3 Å². The van der Waals surface area contributed by atoms with Crippen molar-refractivity contribution in [2.75, 3.05) is 0 Å². The first-order valence-corrected chi connectivity index (χ1v) is 12.1. The second-order valence-corrected chi connectivity index (χ2v) is 8.96. The molecule has 0 aliphatic rings. The molecule has 3 nitrogen and oxygen atoms in total. The van der Waals surface area contributed by atoms with E-state index >= 15 is 0 Å². The summed E-state index contributed by atoms with van der Waals surface area (Å²) in [6, 6.07) is 5.36. The number of rotatable bonds is 13. The number of hydrogen-bond donors (Lipinski definition) is 0. The molecule has 0 amide bonds. The Labute approximate surface area is 160 Å². The SMILES string of the molecule is CCCCCC(CC)c1cccc(P(=O)([O-])[O-])c1C(CC)CCCCC. The number of unbranched alkanes of at least 4 members (excludes halogenated alkanes) is 4. The summed E-state index contributed by atoms with van der Waals surface area (Å²) in [7, 11) is -4.77. The Hall–Kier alpha value is -0.630. The molecule has 1 aromatic carbocycles. The predicted molar refractivity (Wildman–Crippen MR) is 108 cm³/mol. The molecule has 0 aliphatic heterocycles. The molecule has 0 radical (unpaired) electrons. The van der Waals surface area contributed by atoms with Crippen LogP contribution in [0.2, 0.25) is 0 Å². The normalized spacial score (nSPS) is 14.4. The van der Waals surface area contributed by atoms with Crippen molar-refractivity contribution in [2.45, 2.75) is 104 Å². The van der Waals surface area contributed by atoms with E-state index in [1.807, 2.05) is 0 Å². The number of benzene rings is 1. The van der Waals surface area contributed by atoms with Crippen LogP contribution in [0.25, 0.3) is 0 Å². The molecule has 0 N–H and O–H groups in total. The van der Waals surface area contributed by atoms with E-state index < -0.39 is 7.60 Å². The Morgan fingerprint density at radius 1 is 0.846 bits per heavy atom. The number of hydrogen-bond acceptors (Lipinski definition) is 3. The van der Waals surface area contributed by atoms with Crippen LogP contribution >= 0.6 is 7.60 Å². The maximum Gasteiger partial charge on any atom is -0.0119 e. The Kier molecular flexibility index (Phi) is 10.8. The van der Waals surface area contributed by atoms with Crippen LogP contribution in [0.4, 0.5) is 0 Å². The monoisotopic (exact) mass is 380 g/mol. The van der Waals surface area contributed by atoms with Gasteiger partial charge in [-0.25, -0.2) is 0 Å². The van der Waals surface area contributed by atoms with E-state index in [1.165, 1.54) is 18.9 Å². The van der Waals surface area contributed by atoms with Crippen LogP contribution in [-0.4, -0.2) is 0 Å². The molecule has 0 saturated heterocycles. The zero-order chi connectivity index (χ0) is 19.6. The lowest BCUT2D eigenvalue weighted by molar-refractivity contribution is -0.308. The van der Waals surface area contributed by atoms with Gasteiger partial charge in [-0.05, 0) is 61.5 Å². The fourth-order valence-corrected chi connectivity index (χ4v) is 4.90. The summed E-state index contributed by atoms with van der Waals surface area (Å²) in [6.45, 7) is 8.64. The van der Waals surface area contributed by atoms with E-state index in [-0.39, 0.29) is 11.2 Å². The van der Waals surface area contributed by atoms with E-state index in [0.717, 1.165) is 62.5 Å². The fraction of sp³-hybridized carbons (Fsp3) is 0.727. The Balaban J connectivity index is 3.32. The van der Waals surface area contributed by atoms with E-state index in [4.69, 9.17) is 0 Å². The zero-order valence-corrected chi connectivity index (χ0v) is 18.0. The van der Waals surface area contributed by atoms with Crippen LogP contribution in [0.15, 0.2) is 18.2 Å². The molecule has 0 fully saturated rings. The minimum Gasteiger partial charge on any atom is -0.807 e. The van der Waals surface area contributed by atoms with E-state index in [0.29, 0.717) is 5.92 Å². The van der Waals surface area contributed by atoms with Gasteiger partial charge in [0.1, 0.15) is 0 Å². The van der Waals surface area contributed by atoms with Crippen LogP contribution in [0.3, 0.4) is 0 Å². The smallest absolute Gasteiger partial charge is 0.0119 e. The third-order valence-corrected chi connectivity index (χ3v) is 6.54. The standard InChI is InChI=1S/C22H39O3P/c1-5-9-11-14-18(7-3)20-16-13-17-21(26(23,24)25)22(20)19(8-4)15-12-10-6-2/h13,16-19H,5-12,14-15H2,1-4H3,(H2,23,24,25)/p-2. The van der Waals surface area contributed by atoms with Crippen LogP contribution in [0.5, 0.6) is 0 Å². The van der Waals surface area contributed by atoms with Crippen LogP contribution in [0, 0.1) is 0 Å². The summed E-state index contributed by atoms with van der Waals surface area (Å²) < 4.78 is 12.0. The lowest BCUT2D eigenvalue weighted by Gasteiger charge is -2.36. The summed E-state index contributed by atoms with van der Waals surface area (Å²) in [4.78, 5) is 24.0. The second kappa shape index (κ2) is 12.0. The van der Waals surface area contributed by atoms with Gasteiger partial charge in [0.25, 0.3) is 0 Å². The highest BCUT2D eigenvalue weighted by Crippen LogP contribution is 2.39. The summed E-state index contributed by atoms with van der Waals surface area (Å²) in [6.07, 6.45) is 10.8. The average molecular weight is 381 g/mol. The third kappa shape index (κ3) is 6.83. The molecular formula is C22H37O3P-2. The van der Waals surface area contributed by atoms with Crippen molar-refractivity contribution in [1.29, 1.82) is 0 Å². The van der Waals surface area contributed by atoms with Gasteiger partial charge in [-0.2, -0.15) is 0 Å². The molecular weight excluding hydrogens is 343 g/mol. The Morgan fingerprint density at radius 3 is 1.85 bits per heavy atom. The van der Waals surface area contributed by atoms with Crippen molar-refractivity contribution in [1.82, 2.24) is 0 Å². The highest BCUT2D eigenvalue weighted by Gasteiger charge is 2.23. The van der Waals surface area contributed by atoms with Crippen molar-refractivity contribution in [3.8, 4) is 0 Å². The lowest BCUT2D eigenvalue weighted by Crippen LogP contribution is -2.30. The largest absolute Gasteiger partial charge is 0.807 e. The van der Waals surface area contributed by atoms with Crippen molar-refractivity contribution in [2.24, 2.45) is 0 Å². The van der Waals surface area contributed by atoms with E-state index in [2.05, 4.69) is 33.8 Å². The van der Waals surface area contributed by atoms with Gasteiger partial charge in [-0.15, -0.1) is 0 Å². The molecule has 0 heterocycles. The molecule has 1 rings (SSSR count). The first kappa shape index (κ1) is 23.4. The van der Waals surface area contributed by atoms with Gasteiger partial charge in [0, 0.05) is 0 Å². The maximum atomic E-state index is 12.0. The van der Waals surface area contributed by atoms with Crippen LogP contribution in [0.1, 0.15) is 115 Å². The molecule has 0 aromatic heterocycles. The highest BCUT2D eigenvalue weighted by molar-refractivity contribution is 7.57. The fourth-order valence-electron chi connectivity index (χ4n) is 4.02. The summed E-state index contributed by atoms with van der Waals surface area (Å²) >= 11 is 0. The molecule has 0 bridgehead atoms. The molecule has 0 saturated carbocycles. The first-order valence-electron chi connectivity index (χ1n) is 10.6. The lowest BCUT2D eigenvalue weighted by atomic mass is 9.81. The van der Waals surface area contributed by atoms with Gasteiger partial charge in [-0.3, -0.25) is 0 Å². The molecule has 0 spiro atoms. The van der Waals surface area contributed by atoms with Crippen molar-refractivity contribution in [3.63, 3.8) is 0 Å². The minimum atomic E-state index is -4.77. The summed E-state index contributed by atoms with van der Waals surface area (Å²) in [5, 5.41) is 0.0484. The van der Waals surface area contributed by atoms with Crippen LogP contribution in [-0.2, 0) is 4.57 Å². The molecule has 1 aromatic rings. The predicted octanol–water partition coefficient (Wildman–Crippen LogP) is 5.37. The first-order chi connectivity index (χ1) is 12.4. The Bertz CT molecular complexity index is 565. The molecule has 4 heteroatoms. The van der Waals surface area contributed by atoms with Gasteiger partial charge in [0.05, 0.1) is 0 Å². The van der Waals surface area contributed by atoms with Crippen molar-refractivity contribution < 1.29 is 14.4 Å². The van der Waals surface area contributed by atoms with Gasteiger partial charge in [0.2, 0.25) is 0 Å². The molecule has 150 valence electrons. The van der Waals surface area contributed by atoms with E-state index in [1.54, 1.807) is 6.07 Å². The van der Waals surface area contributed by atoms with Crippen LogP contribution < -0.4 is 15.1 Å². The molecule has 2 unspecified atom stereocenters. The third-order valence-electron chi connectivity index (χ3n) is 5.56. The highest BCUT2D eigenvalue weighted by atomic mass is 31.2. The van der Waals surface area contributed by atoms with Gasteiger partial charge in [0.15, 0.2) is 0 Å². The minimum absolute atomic E-state index is 0.0484. The maximum absolute atomic E-state index is 12.0. The quantitative estimate of drug-likeness (QED) is 0.341. The molecule has 0 aliphatic carbocycles. The Morgan fingerprint density at radius 2 is 1.38 bits per heavy atom. The van der Waals surface area contributed by atoms with Crippen molar-refractivity contribution >= 4 is 12.9 Å². The molecule has 2 atom stereocenters. The van der Waals surface area contributed by atoms with Gasteiger partial charge >= 0.3 is 0 Å². The van der Waals surface area contributed by atoms with Gasteiger partial charge < -0.3 is 14.4 Å². The topological polar surface area (TPSA) is 63.2 Å². The second-order valence-electron chi connectivity index (χ2n) is 7.48. The average Bonchev–Trinajstić information content (AvgIpc) is 2.61. The summed E-state index contributed by atoms with van der Waals surface area (Å²) in [5.74, 6) is 0.493. The van der Waals surface area contributed by atoms with E-state index in [9.17, 15) is 14.4 Å².